The molecule has 1 aromatic carbocycles. The number of aromatic nitrogens is 3. The summed E-state index contributed by atoms with van der Waals surface area (Å²) >= 11 is 6.14. The lowest BCUT2D eigenvalue weighted by molar-refractivity contribution is -0.154. The number of carbonyl (C=O) groups excluding carboxylic acids is 1. The van der Waals surface area contributed by atoms with Gasteiger partial charge in [0.2, 0.25) is 5.88 Å². The summed E-state index contributed by atoms with van der Waals surface area (Å²) in [7, 11) is 1.22. The van der Waals surface area contributed by atoms with Crippen molar-refractivity contribution in [3.8, 4) is 17.8 Å². The molecule has 0 unspecified atom stereocenters. The molecule has 2 amide bonds. The van der Waals surface area contributed by atoms with E-state index in [-0.39, 0.29) is 33.5 Å². The van der Waals surface area contributed by atoms with Gasteiger partial charge in [-0.25, -0.2) is 14.5 Å². The highest BCUT2D eigenvalue weighted by Crippen LogP contribution is 2.32. The number of rotatable bonds is 6. The second kappa shape index (κ2) is 9.90. The molecule has 2 heterocycles. The average molecular weight is 509 g/mol. The lowest BCUT2D eigenvalue weighted by Crippen LogP contribution is -2.26. The molecule has 14 heteroatoms. The van der Waals surface area contributed by atoms with E-state index >= 15 is 0 Å². The number of hydrogen-bond donors (Lipinski definition) is 2. The Labute approximate surface area is 201 Å². The fraction of sp³-hybridized carbons (Fsp3) is 0.190. The number of anilines is 2. The maximum atomic E-state index is 13.2. The molecule has 3 rings (SSSR count). The zero-order chi connectivity index (χ0) is 25.9. The van der Waals surface area contributed by atoms with E-state index < -0.39 is 30.7 Å². The molecule has 0 saturated carbocycles. The van der Waals surface area contributed by atoms with Gasteiger partial charge in [0.05, 0.1) is 28.0 Å². The van der Waals surface area contributed by atoms with Crippen LogP contribution in [0.3, 0.4) is 0 Å². The van der Waals surface area contributed by atoms with Crippen LogP contribution in [0.2, 0.25) is 5.02 Å². The highest BCUT2D eigenvalue weighted by atomic mass is 35.5. The Hall–Kier alpha value is -4.31. The number of ether oxygens (including phenoxy) is 1. The van der Waals surface area contributed by atoms with E-state index in [2.05, 4.69) is 20.1 Å². The molecular formula is C21H16ClF3N6O4. The van der Waals surface area contributed by atoms with E-state index in [1.165, 1.54) is 37.5 Å². The number of nitrogens with one attached hydrogen (secondary N) is 1. The number of carbonyl (C=O) groups is 2. The van der Waals surface area contributed by atoms with Crippen molar-refractivity contribution in [1.82, 2.24) is 14.8 Å². The molecule has 0 radical (unpaired) electrons. The topological polar surface area (TPSA) is 133 Å². The van der Waals surface area contributed by atoms with Crippen LogP contribution in [0.1, 0.15) is 21.6 Å². The molecule has 10 nitrogen and oxygen atoms in total. The molecule has 0 aliphatic heterocycles. The number of benzene rings is 1. The zero-order valence-electron chi connectivity index (χ0n) is 18.1. The minimum atomic E-state index is -4.65. The molecule has 0 aliphatic rings. The number of amides is 2. The molecule has 2 aromatic heterocycles. The summed E-state index contributed by atoms with van der Waals surface area (Å²) in [4.78, 5) is 29.6. The van der Waals surface area contributed by atoms with Gasteiger partial charge in [0.15, 0.2) is 12.4 Å². The smallest absolute Gasteiger partial charge is 0.422 e. The second-order valence-electron chi connectivity index (χ2n) is 7.09. The SMILES string of the molecule is Cc1cc(C#N)cc(N(C)C(=O)O)c1NC(=O)c1cc(OCC(F)(F)F)nn1-c1ncccc1Cl. The molecule has 3 aromatic rings. The lowest BCUT2D eigenvalue weighted by Gasteiger charge is -2.20. The summed E-state index contributed by atoms with van der Waals surface area (Å²) < 4.78 is 43.5. The third-order valence-corrected chi connectivity index (χ3v) is 4.87. The molecule has 0 bridgehead atoms. The van der Waals surface area contributed by atoms with Crippen LogP contribution in [0.15, 0.2) is 36.5 Å². The Kier molecular flexibility index (Phi) is 7.16. The van der Waals surface area contributed by atoms with E-state index in [0.29, 0.717) is 5.56 Å². The fourth-order valence-electron chi connectivity index (χ4n) is 2.98. The summed E-state index contributed by atoms with van der Waals surface area (Å²) in [5, 5.41) is 25.1. The van der Waals surface area contributed by atoms with Crippen LogP contribution in [-0.4, -0.2) is 51.7 Å². The molecule has 0 fully saturated rings. The lowest BCUT2D eigenvalue weighted by atomic mass is 10.1. The van der Waals surface area contributed by atoms with Crippen LogP contribution in [0, 0.1) is 18.3 Å². The van der Waals surface area contributed by atoms with Crippen molar-refractivity contribution >= 4 is 35.0 Å². The molecule has 0 atom stereocenters. The van der Waals surface area contributed by atoms with Crippen molar-refractivity contribution in [2.45, 2.75) is 13.1 Å². The number of alkyl halides is 3. The monoisotopic (exact) mass is 508 g/mol. The second-order valence-corrected chi connectivity index (χ2v) is 7.49. The van der Waals surface area contributed by atoms with Gasteiger partial charge < -0.3 is 15.2 Å². The largest absolute Gasteiger partial charge is 0.467 e. The normalized spacial score (nSPS) is 11.0. The van der Waals surface area contributed by atoms with Gasteiger partial charge in [-0.3, -0.25) is 9.69 Å². The fourth-order valence-corrected chi connectivity index (χ4v) is 3.18. The van der Waals surface area contributed by atoms with Crippen LogP contribution >= 0.6 is 11.6 Å². The van der Waals surface area contributed by atoms with E-state index in [1.54, 1.807) is 6.92 Å². The van der Waals surface area contributed by atoms with E-state index in [4.69, 9.17) is 11.6 Å². The molecule has 0 saturated heterocycles. The Morgan fingerprint density at radius 2 is 2.06 bits per heavy atom. The number of aryl methyl sites for hydroxylation is 1. The first kappa shape index (κ1) is 25.3. The first-order chi connectivity index (χ1) is 16.4. The predicted octanol–water partition coefficient (Wildman–Crippen LogP) is 4.41. The highest BCUT2D eigenvalue weighted by molar-refractivity contribution is 6.32. The minimum Gasteiger partial charge on any atom is -0.467 e. The van der Waals surface area contributed by atoms with Gasteiger partial charge in [0, 0.05) is 19.3 Å². The van der Waals surface area contributed by atoms with Crippen molar-refractivity contribution in [1.29, 1.82) is 5.26 Å². The number of carboxylic acid groups (broad SMARTS) is 1. The third-order valence-electron chi connectivity index (χ3n) is 4.57. The Balaban J connectivity index is 2.08. The quantitative estimate of drug-likeness (QED) is 0.503. The van der Waals surface area contributed by atoms with E-state index in [9.17, 15) is 33.1 Å². The summed E-state index contributed by atoms with van der Waals surface area (Å²) in [6.07, 6.45) is -4.67. The molecule has 35 heavy (non-hydrogen) atoms. The Morgan fingerprint density at radius 3 is 2.66 bits per heavy atom. The predicted molar refractivity (Wildman–Crippen MR) is 118 cm³/mol. The van der Waals surface area contributed by atoms with Crippen LogP contribution in [0.4, 0.5) is 29.3 Å². The van der Waals surface area contributed by atoms with Crippen molar-refractivity contribution in [2.75, 3.05) is 23.9 Å². The molecule has 2 N–H and O–H groups in total. The number of hydrogen-bond acceptors (Lipinski definition) is 6. The number of pyridine rings is 1. The van der Waals surface area contributed by atoms with Gasteiger partial charge in [-0.2, -0.15) is 18.4 Å². The molecular weight excluding hydrogens is 493 g/mol. The minimum absolute atomic E-state index is 0.00196. The van der Waals surface area contributed by atoms with Crippen molar-refractivity contribution in [3.05, 3.63) is 58.4 Å². The summed E-state index contributed by atoms with van der Waals surface area (Å²) in [5.41, 5.74) is 0.262. The number of nitrogens with zero attached hydrogens (tertiary/aromatic N) is 5. The third kappa shape index (κ3) is 5.79. The van der Waals surface area contributed by atoms with Crippen LogP contribution in [-0.2, 0) is 0 Å². The van der Waals surface area contributed by atoms with Gasteiger partial charge in [0.25, 0.3) is 5.91 Å². The van der Waals surface area contributed by atoms with E-state index in [1.807, 2.05) is 6.07 Å². The van der Waals surface area contributed by atoms with Crippen molar-refractivity contribution in [3.63, 3.8) is 0 Å². The standard InChI is InChI=1S/C21H16ClF3N6O4/c1-11-6-12(9-26)7-14(30(2)20(33)34)17(11)28-19(32)15-8-16(35-10-21(23,24)25)29-31(15)18-13(22)4-3-5-27-18/h3-8H,10H2,1-2H3,(H,28,32)(H,33,34). The number of nitriles is 1. The average Bonchev–Trinajstić information content (AvgIpc) is 3.22. The molecule has 0 aliphatic carbocycles. The van der Waals surface area contributed by atoms with Crippen LogP contribution in [0.25, 0.3) is 5.82 Å². The summed E-state index contributed by atoms with van der Waals surface area (Å²) in [6.45, 7) is -0.107. The summed E-state index contributed by atoms with van der Waals surface area (Å²) in [6, 6.07) is 8.51. The van der Waals surface area contributed by atoms with Gasteiger partial charge in [-0.1, -0.05) is 11.6 Å². The molecule has 0 spiro atoms. The first-order valence-corrected chi connectivity index (χ1v) is 10.0. The Bertz CT molecular complexity index is 1340. The maximum Gasteiger partial charge on any atom is 0.422 e. The molecule has 182 valence electrons. The maximum absolute atomic E-state index is 13.2. The van der Waals surface area contributed by atoms with Crippen LogP contribution < -0.4 is 15.0 Å². The van der Waals surface area contributed by atoms with E-state index in [0.717, 1.165) is 15.6 Å². The van der Waals surface area contributed by atoms with Crippen molar-refractivity contribution < 1.29 is 32.6 Å². The summed E-state index contributed by atoms with van der Waals surface area (Å²) in [5.74, 6) is -1.46. The highest BCUT2D eigenvalue weighted by Gasteiger charge is 2.30. The Morgan fingerprint density at radius 1 is 1.34 bits per heavy atom. The number of halogens is 4. The van der Waals surface area contributed by atoms with Gasteiger partial charge in [-0.05, 0) is 36.8 Å². The zero-order valence-corrected chi connectivity index (χ0v) is 18.8. The first-order valence-electron chi connectivity index (χ1n) is 9.64. The van der Waals surface area contributed by atoms with Crippen molar-refractivity contribution in [2.24, 2.45) is 0 Å². The van der Waals surface area contributed by atoms with Gasteiger partial charge in [0.1, 0.15) is 5.69 Å². The van der Waals surface area contributed by atoms with Gasteiger partial charge in [-0.15, -0.1) is 5.10 Å². The van der Waals surface area contributed by atoms with Gasteiger partial charge >= 0.3 is 12.3 Å². The van der Waals surface area contributed by atoms with Crippen LogP contribution in [0.5, 0.6) is 5.88 Å².